The van der Waals surface area contributed by atoms with E-state index in [0.29, 0.717) is 0 Å². The molecule has 0 spiro atoms. The summed E-state index contributed by atoms with van der Waals surface area (Å²) in [5.74, 6) is 0. The zero-order valence-corrected chi connectivity index (χ0v) is 17.3. The fraction of sp³-hybridized carbons (Fsp3) is 0. The van der Waals surface area contributed by atoms with Crippen LogP contribution in [-0.4, -0.2) is 15.0 Å². The van der Waals surface area contributed by atoms with Crippen molar-refractivity contribution in [1.29, 1.82) is 0 Å². The highest BCUT2D eigenvalue weighted by atomic mass is 14.8. The van der Waals surface area contributed by atoms with Gasteiger partial charge < -0.3 is 0 Å². The Morgan fingerprint density at radius 1 is 0.469 bits per heavy atom. The standard InChI is InChI=1S/C29H19N3/c1-3-7-20(8-4-1)23-15-18-31-28-24(23)11-12-25-26(21-9-5-2-6-10-21)19-27(32-29(25)28)22-13-16-30-17-14-22/h1-19H. The molecular formula is C29H19N3. The Morgan fingerprint density at radius 2 is 1.09 bits per heavy atom. The molecule has 0 aliphatic heterocycles. The molecule has 0 aliphatic carbocycles. The fourth-order valence-corrected chi connectivity index (χ4v) is 4.30. The van der Waals surface area contributed by atoms with Crippen LogP contribution in [0.2, 0.25) is 0 Å². The smallest absolute Gasteiger partial charge is 0.0978 e. The van der Waals surface area contributed by atoms with Crippen LogP contribution in [0.25, 0.3) is 55.3 Å². The van der Waals surface area contributed by atoms with E-state index in [-0.39, 0.29) is 0 Å². The Kier molecular flexibility index (Phi) is 4.43. The molecule has 0 bridgehead atoms. The minimum Gasteiger partial charge on any atom is -0.265 e. The second-order valence-corrected chi connectivity index (χ2v) is 7.74. The molecule has 0 fully saturated rings. The molecule has 0 atom stereocenters. The van der Waals surface area contributed by atoms with Crippen LogP contribution in [0, 0.1) is 0 Å². The molecule has 150 valence electrons. The molecule has 0 aliphatic rings. The Morgan fingerprint density at radius 3 is 1.78 bits per heavy atom. The molecule has 3 nitrogen and oxygen atoms in total. The second-order valence-electron chi connectivity index (χ2n) is 7.74. The van der Waals surface area contributed by atoms with Crippen LogP contribution in [0.5, 0.6) is 0 Å². The maximum Gasteiger partial charge on any atom is 0.0978 e. The SMILES string of the molecule is c1ccc(-c2ccnc3c2ccc2c(-c4ccccc4)cc(-c4ccncc4)nc23)cc1. The predicted octanol–water partition coefficient (Wildman–Crippen LogP) is 7.18. The molecule has 0 N–H and O–H groups in total. The number of nitrogens with zero attached hydrogens (tertiary/aromatic N) is 3. The maximum atomic E-state index is 5.10. The summed E-state index contributed by atoms with van der Waals surface area (Å²) in [5, 5.41) is 2.20. The van der Waals surface area contributed by atoms with Crippen molar-refractivity contribution in [3.8, 4) is 33.5 Å². The molecule has 0 radical (unpaired) electrons. The number of hydrogen-bond donors (Lipinski definition) is 0. The lowest BCUT2D eigenvalue weighted by Crippen LogP contribution is -1.93. The third-order valence-corrected chi connectivity index (χ3v) is 5.84. The highest BCUT2D eigenvalue weighted by Gasteiger charge is 2.14. The van der Waals surface area contributed by atoms with Gasteiger partial charge in [-0.2, -0.15) is 0 Å². The molecule has 3 aromatic heterocycles. The summed E-state index contributed by atoms with van der Waals surface area (Å²) in [5.41, 5.74) is 8.42. The van der Waals surface area contributed by atoms with Crippen LogP contribution < -0.4 is 0 Å². The van der Waals surface area contributed by atoms with Gasteiger partial charge in [-0.25, -0.2) is 4.98 Å². The summed E-state index contributed by atoms with van der Waals surface area (Å²) in [4.78, 5) is 14.1. The highest BCUT2D eigenvalue weighted by molar-refractivity contribution is 6.12. The normalized spacial score (nSPS) is 11.1. The van der Waals surface area contributed by atoms with Gasteiger partial charge >= 0.3 is 0 Å². The molecule has 3 heterocycles. The van der Waals surface area contributed by atoms with Crippen molar-refractivity contribution >= 4 is 21.8 Å². The van der Waals surface area contributed by atoms with Gasteiger partial charge in [0.2, 0.25) is 0 Å². The van der Waals surface area contributed by atoms with E-state index in [9.17, 15) is 0 Å². The Bertz CT molecular complexity index is 1540. The molecule has 0 amide bonds. The van der Waals surface area contributed by atoms with E-state index < -0.39 is 0 Å². The van der Waals surface area contributed by atoms with Gasteiger partial charge in [-0.05, 0) is 46.5 Å². The van der Waals surface area contributed by atoms with Gasteiger partial charge in [0, 0.05) is 34.9 Å². The van der Waals surface area contributed by atoms with E-state index in [4.69, 9.17) is 9.97 Å². The molecule has 3 heteroatoms. The monoisotopic (exact) mass is 409 g/mol. The topological polar surface area (TPSA) is 38.7 Å². The van der Waals surface area contributed by atoms with Gasteiger partial charge in [0.05, 0.1) is 16.7 Å². The largest absolute Gasteiger partial charge is 0.265 e. The number of hydrogen-bond acceptors (Lipinski definition) is 3. The number of rotatable bonds is 3. The van der Waals surface area contributed by atoms with Crippen molar-refractivity contribution in [2.75, 3.05) is 0 Å². The van der Waals surface area contributed by atoms with Crippen molar-refractivity contribution in [2.45, 2.75) is 0 Å². The number of pyridine rings is 3. The highest BCUT2D eigenvalue weighted by Crippen LogP contribution is 2.37. The summed E-state index contributed by atoms with van der Waals surface area (Å²) in [6, 6.07) is 33.5. The van der Waals surface area contributed by atoms with Crippen LogP contribution in [0.4, 0.5) is 0 Å². The van der Waals surface area contributed by atoms with Crippen molar-refractivity contribution in [3.05, 3.63) is 116 Å². The third kappa shape index (κ3) is 3.12. The van der Waals surface area contributed by atoms with E-state index in [1.807, 2.05) is 30.5 Å². The minimum absolute atomic E-state index is 0.911. The minimum atomic E-state index is 0.911. The quantitative estimate of drug-likeness (QED) is 0.291. The van der Waals surface area contributed by atoms with Gasteiger partial charge in [0.15, 0.2) is 0 Å². The zero-order valence-electron chi connectivity index (χ0n) is 17.3. The van der Waals surface area contributed by atoms with Gasteiger partial charge in [-0.15, -0.1) is 0 Å². The van der Waals surface area contributed by atoms with E-state index in [2.05, 4.69) is 77.8 Å². The maximum absolute atomic E-state index is 5.10. The molecule has 3 aromatic carbocycles. The summed E-state index contributed by atoms with van der Waals surface area (Å²) < 4.78 is 0. The van der Waals surface area contributed by atoms with Crippen LogP contribution >= 0.6 is 0 Å². The van der Waals surface area contributed by atoms with Crippen molar-refractivity contribution in [2.24, 2.45) is 0 Å². The van der Waals surface area contributed by atoms with Gasteiger partial charge in [-0.3, -0.25) is 9.97 Å². The zero-order chi connectivity index (χ0) is 21.3. The van der Waals surface area contributed by atoms with Crippen LogP contribution in [-0.2, 0) is 0 Å². The average Bonchev–Trinajstić information content (AvgIpc) is 2.89. The molecule has 0 saturated heterocycles. The Labute approximate surface area is 186 Å². The lowest BCUT2D eigenvalue weighted by molar-refractivity contribution is 1.31. The molecule has 32 heavy (non-hydrogen) atoms. The Balaban J connectivity index is 1.71. The van der Waals surface area contributed by atoms with E-state index in [1.165, 1.54) is 5.56 Å². The summed E-state index contributed by atoms with van der Waals surface area (Å²) >= 11 is 0. The van der Waals surface area contributed by atoms with Gasteiger partial charge in [-0.1, -0.05) is 72.8 Å². The summed E-state index contributed by atoms with van der Waals surface area (Å²) in [6.07, 6.45) is 5.49. The number of benzene rings is 3. The van der Waals surface area contributed by atoms with Crippen LogP contribution in [0.15, 0.2) is 116 Å². The van der Waals surface area contributed by atoms with Gasteiger partial charge in [0.1, 0.15) is 0 Å². The lowest BCUT2D eigenvalue weighted by Gasteiger charge is -2.13. The van der Waals surface area contributed by atoms with Crippen LogP contribution in [0.3, 0.4) is 0 Å². The first-order valence-corrected chi connectivity index (χ1v) is 10.6. The Hall–Kier alpha value is -4.37. The first kappa shape index (κ1) is 18.4. The van der Waals surface area contributed by atoms with Crippen molar-refractivity contribution < 1.29 is 0 Å². The fourth-order valence-electron chi connectivity index (χ4n) is 4.30. The third-order valence-electron chi connectivity index (χ3n) is 5.84. The van der Waals surface area contributed by atoms with Crippen LogP contribution in [0.1, 0.15) is 0 Å². The summed E-state index contributed by atoms with van der Waals surface area (Å²) in [7, 11) is 0. The summed E-state index contributed by atoms with van der Waals surface area (Å²) in [6.45, 7) is 0. The molecule has 0 unspecified atom stereocenters. The first-order chi connectivity index (χ1) is 15.9. The second kappa shape index (κ2) is 7.71. The van der Waals surface area contributed by atoms with Crippen molar-refractivity contribution in [3.63, 3.8) is 0 Å². The lowest BCUT2D eigenvalue weighted by atomic mass is 9.95. The van der Waals surface area contributed by atoms with E-state index in [0.717, 1.165) is 49.8 Å². The van der Waals surface area contributed by atoms with Gasteiger partial charge in [0.25, 0.3) is 0 Å². The molecule has 6 aromatic rings. The molecule has 0 saturated carbocycles. The predicted molar refractivity (Wildman–Crippen MR) is 131 cm³/mol. The van der Waals surface area contributed by atoms with E-state index in [1.54, 1.807) is 12.4 Å². The van der Waals surface area contributed by atoms with E-state index >= 15 is 0 Å². The number of aromatic nitrogens is 3. The first-order valence-electron chi connectivity index (χ1n) is 10.6. The molecular weight excluding hydrogens is 390 g/mol. The molecule has 6 rings (SSSR count). The van der Waals surface area contributed by atoms with Crippen molar-refractivity contribution in [1.82, 2.24) is 15.0 Å². The number of fused-ring (bicyclic) bond motifs is 3. The average molecular weight is 409 g/mol.